The molecular formula is C29H31N3O3. The minimum atomic E-state index is -0.250. The Labute approximate surface area is 206 Å². The number of nitrogens with zero attached hydrogens (tertiary/aromatic N) is 2. The summed E-state index contributed by atoms with van der Waals surface area (Å²) >= 11 is 0. The minimum Gasteiger partial charge on any atom is -0.382 e. The minimum absolute atomic E-state index is 0.0341. The van der Waals surface area contributed by atoms with E-state index < -0.39 is 0 Å². The second-order valence-electron chi connectivity index (χ2n) is 9.01. The van der Waals surface area contributed by atoms with E-state index in [0.717, 1.165) is 36.2 Å². The van der Waals surface area contributed by atoms with E-state index >= 15 is 0 Å². The van der Waals surface area contributed by atoms with Gasteiger partial charge in [-0.3, -0.25) is 9.59 Å². The first-order valence-electron chi connectivity index (χ1n) is 12.4. The van der Waals surface area contributed by atoms with E-state index in [1.165, 1.54) is 11.1 Å². The summed E-state index contributed by atoms with van der Waals surface area (Å²) in [6.07, 6.45) is 1.41. The third-order valence-corrected chi connectivity index (χ3v) is 6.80. The monoisotopic (exact) mass is 469 g/mol. The van der Waals surface area contributed by atoms with Crippen molar-refractivity contribution in [3.05, 3.63) is 101 Å². The van der Waals surface area contributed by atoms with Gasteiger partial charge in [-0.1, -0.05) is 42.5 Å². The zero-order chi connectivity index (χ0) is 24.2. The molecule has 2 amide bonds. The molecule has 3 aromatic carbocycles. The van der Waals surface area contributed by atoms with Crippen molar-refractivity contribution in [2.45, 2.75) is 32.5 Å². The number of amides is 2. The molecular weight excluding hydrogens is 438 g/mol. The summed E-state index contributed by atoms with van der Waals surface area (Å²) in [6.45, 7) is 5.25. The van der Waals surface area contributed by atoms with Crippen LogP contribution in [-0.4, -0.2) is 47.9 Å². The van der Waals surface area contributed by atoms with Crippen molar-refractivity contribution < 1.29 is 14.3 Å². The molecule has 2 heterocycles. The van der Waals surface area contributed by atoms with Gasteiger partial charge in [-0.05, 0) is 61.2 Å². The first-order valence-corrected chi connectivity index (χ1v) is 12.4. The molecule has 0 fully saturated rings. The van der Waals surface area contributed by atoms with Gasteiger partial charge in [0.1, 0.15) is 6.17 Å². The van der Waals surface area contributed by atoms with Crippen LogP contribution in [-0.2, 0) is 17.7 Å². The Balaban J connectivity index is 1.29. The summed E-state index contributed by atoms with van der Waals surface area (Å²) < 4.78 is 5.47. The van der Waals surface area contributed by atoms with Gasteiger partial charge in [0.2, 0.25) is 0 Å². The molecule has 35 heavy (non-hydrogen) atoms. The average molecular weight is 470 g/mol. The number of carbonyl (C=O) groups is 2. The van der Waals surface area contributed by atoms with E-state index in [1.54, 1.807) is 0 Å². The van der Waals surface area contributed by atoms with Gasteiger partial charge in [0.25, 0.3) is 11.8 Å². The zero-order valence-corrected chi connectivity index (χ0v) is 20.1. The lowest BCUT2D eigenvalue weighted by atomic mass is 9.99. The molecule has 6 heteroatoms. The van der Waals surface area contributed by atoms with Crippen molar-refractivity contribution in [3.8, 4) is 0 Å². The Bertz CT molecular complexity index is 1210. The highest BCUT2D eigenvalue weighted by atomic mass is 16.5. The van der Waals surface area contributed by atoms with Crippen LogP contribution in [0.3, 0.4) is 0 Å². The van der Waals surface area contributed by atoms with E-state index in [2.05, 4.69) is 23.5 Å². The van der Waals surface area contributed by atoms with Crippen molar-refractivity contribution >= 4 is 17.5 Å². The fourth-order valence-electron chi connectivity index (χ4n) is 4.96. The number of rotatable bonds is 8. The van der Waals surface area contributed by atoms with Crippen molar-refractivity contribution in [2.24, 2.45) is 0 Å². The molecule has 2 aliphatic heterocycles. The summed E-state index contributed by atoms with van der Waals surface area (Å²) in [5.41, 5.74) is 5.80. The summed E-state index contributed by atoms with van der Waals surface area (Å²) in [5, 5.41) is 3.52. The summed E-state index contributed by atoms with van der Waals surface area (Å²) in [4.78, 5) is 30.0. The van der Waals surface area contributed by atoms with Gasteiger partial charge in [-0.15, -0.1) is 0 Å². The molecule has 3 aromatic rings. The van der Waals surface area contributed by atoms with Crippen LogP contribution in [0.2, 0.25) is 0 Å². The van der Waals surface area contributed by atoms with Crippen LogP contribution in [0.5, 0.6) is 0 Å². The van der Waals surface area contributed by atoms with Gasteiger partial charge >= 0.3 is 0 Å². The van der Waals surface area contributed by atoms with Gasteiger partial charge in [0.15, 0.2) is 0 Å². The molecule has 2 aliphatic rings. The Kier molecular flexibility index (Phi) is 6.82. The molecule has 1 unspecified atom stereocenters. The highest BCUT2D eigenvalue weighted by Crippen LogP contribution is 2.34. The summed E-state index contributed by atoms with van der Waals surface area (Å²) in [5.74, 6) is 0.0803. The fraction of sp³-hybridized carbons (Fsp3) is 0.310. The van der Waals surface area contributed by atoms with Crippen LogP contribution < -0.4 is 5.32 Å². The molecule has 180 valence electrons. The third-order valence-electron chi connectivity index (χ3n) is 6.80. The van der Waals surface area contributed by atoms with Crippen molar-refractivity contribution in [1.82, 2.24) is 9.80 Å². The van der Waals surface area contributed by atoms with Crippen LogP contribution in [0.15, 0.2) is 72.8 Å². The Hall–Kier alpha value is -3.64. The number of nitrogens with one attached hydrogen (secondary N) is 1. The quantitative estimate of drug-likeness (QED) is 0.478. The molecule has 0 spiro atoms. The topological polar surface area (TPSA) is 61.9 Å². The molecule has 0 bridgehead atoms. The smallest absolute Gasteiger partial charge is 0.256 e. The average Bonchev–Trinajstić information content (AvgIpc) is 3.17. The second-order valence-corrected chi connectivity index (χ2v) is 9.01. The van der Waals surface area contributed by atoms with Crippen LogP contribution in [0, 0.1) is 0 Å². The Morgan fingerprint density at radius 2 is 1.74 bits per heavy atom. The predicted molar refractivity (Wildman–Crippen MR) is 136 cm³/mol. The normalized spacial score (nSPS) is 16.7. The largest absolute Gasteiger partial charge is 0.382 e. The maximum absolute atomic E-state index is 13.1. The summed E-state index contributed by atoms with van der Waals surface area (Å²) in [6, 6.07) is 23.7. The van der Waals surface area contributed by atoms with E-state index in [-0.39, 0.29) is 18.0 Å². The first kappa shape index (κ1) is 23.1. The maximum atomic E-state index is 13.1. The molecule has 5 rings (SSSR count). The number of fused-ring (bicyclic) bond motifs is 2. The lowest BCUT2D eigenvalue weighted by Crippen LogP contribution is -2.36. The molecule has 0 saturated heterocycles. The van der Waals surface area contributed by atoms with Crippen molar-refractivity contribution in [2.75, 3.05) is 31.6 Å². The SMILES string of the molecule is CCOCCCN1C(=O)c2ccccc2C1Nc1ccc(C(=O)N2CCc3ccccc3C2)cc1. The predicted octanol–water partition coefficient (Wildman–Crippen LogP) is 4.88. The number of ether oxygens (including phenoxy) is 1. The molecule has 0 radical (unpaired) electrons. The molecule has 1 N–H and O–H groups in total. The van der Waals surface area contributed by atoms with Crippen LogP contribution in [0.4, 0.5) is 5.69 Å². The standard InChI is InChI=1S/C29H31N3O3/c1-2-35-19-7-17-32-27(25-10-5-6-11-26(25)29(32)34)30-24-14-12-22(13-15-24)28(33)31-18-16-21-8-3-4-9-23(21)20-31/h3-6,8-15,27,30H,2,7,16-20H2,1H3. The first-order chi connectivity index (χ1) is 17.2. The third kappa shape index (κ3) is 4.80. The molecule has 0 aromatic heterocycles. The zero-order valence-electron chi connectivity index (χ0n) is 20.1. The number of hydrogen-bond donors (Lipinski definition) is 1. The van der Waals surface area contributed by atoms with E-state index in [1.807, 2.05) is 71.3 Å². The van der Waals surface area contributed by atoms with Crippen molar-refractivity contribution in [1.29, 1.82) is 0 Å². The van der Waals surface area contributed by atoms with Crippen LogP contribution in [0.25, 0.3) is 0 Å². The molecule has 6 nitrogen and oxygen atoms in total. The van der Waals surface area contributed by atoms with Gasteiger partial charge < -0.3 is 19.9 Å². The number of carbonyl (C=O) groups excluding carboxylic acids is 2. The van der Waals surface area contributed by atoms with Gasteiger partial charge in [0.05, 0.1) is 0 Å². The number of hydrogen-bond acceptors (Lipinski definition) is 4. The summed E-state index contributed by atoms with van der Waals surface area (Å²) in [7, 11) is 0. The van der Waals surface area contributed by atoms with E-state index in [9.17, 15) is 9.59 Å². The van der Waals surface area contributed by atoms with Gasteiger partial charge in [-0.25, -0.2) is 0 Å². The van der Waals surface area contributed by atoms with E-state index in [4.69, 9.17) is 4.74 Å². The van der Waals surface area contributed by atoms with E-state index in [0.29, 0.717) is 31.9 Å². The molecule has 0 aliphatic carbocycles. The highest BCUT2D eigenvalue weighted by molar-refractivity contribution is 5.99. The van der Waals surface area contributed by atoms with Crippen molar-refractivity contribution in [3.63, 3.8) is 0 Å². The van der Waals surface area contributed by atoms with Gasteiger partial charge in [0, 0.05) is 55.2 Å². The molecule has 0 saturated carbocycles. The highest BCUT2D eigenvalue weighted by Gasteiger charge is 2.36. The maximum Gasteiger partial charge on any atom is 0.256 e. The number of anilines is 1. The lowest BCUT2D eigenvalue weighted by molar-refractivity contribution is 0.0707. The lowest BCUT2D eigenvalue weighted by Gasteiger charge is -2.29. The van der Waals surface area contributed by atoms with Crippen LogP contribution >= 0.6 is 0 Å². The Morgan fingerprint density at radius 1 is 1.00 bits per heavy atom. The fourth-order valence-corrected chi connectivity index (χ4v) is 4.96. The Morgan fingerprint density at radius 3 is 2.54 bits per heavy atom. The van der Waals surface area contributed by atoms with Crippen LogP contribution in [0.1, 0.15) is 56.9 Å². The number of benzene rings is 3. The van der Waals surface area contributed by atoms with Gasteiger partial charge in [-0.2, -0.15) is 0 Å². The second kappa shape index (κ2) is 10.3. The molecule has 1 atom stereocenters.